The van der Waals surface area contributed by atoms with Crippen LogP contribution in [0.15, 0.2) is 42.3 Å². The predicted molar refractivity (Wildman–Crippen MR) is 94.2 cm³/mol. The molecule has 0 N–H and O–H groups in total. The fourth-order valence-corrected chi connectivity index (χ4v) is 3.37. The van der Waals surface area contributed by atoms with Crippen molar-refractivity contribution in [2.75, 3.05) is 6.54 Å². The number of hydrogen-bond donors (Lipinski definition) is 0. The highest BCUT2D eigenvalue weighted by atomic mass is 35.5. The van der Waals surface area contributed by atoms with Crippen molar-refractivity contribution in [3.05, 3.63) is 63.6 Å². The summed E-state index contributed by atoms with van der Waals surface area (Å²) in [5, 5.41) is 3.31. The summed E-state index contributed by atoms with van der Waals surface area (Å²) in [6.45, 7) is 3.47. The second kappa shape index (κ2) is 7.16. The Morgan fingerprint density at radius 1 is 1.12 bits per heavy atom. The van der Waals surface area contributed by atoms with Crippen LogP contribution in [0.25, 0.3) is 0 Å². The van der Waals surface area contributed by atoms with Crippen LogP contribution in [-0.4, -0.2) is 39.2 Å². The number of nitrogens with zero attached hydrogens (tertiary/aromatic N) is 3. The Morgan fingerprint density at radius 2 is 1.80 bits per heavy atom. The van der Waals surface area contributed by atoms with Crippen molar-refractivity contribution in [1.29, 1.82) is 0 Å². The van der Waals surface area contributed by atoms with E-state index in [0.717, 1.165) is 20.4 Å². The largest absolute Gasteiger partial charge is 0.334 e. The number of rotatable bonds is 6. The minimum Gasteiger partial charge on any atom is -0.263 e. The molecule has 1 aromatic carbocycles. The lowest BCUT2D eigenvalue weighted by molar-refractivity contribution is -0.143. The number of aromatic nitrogens is 1. The normalized spacial score (nSPS) is 14.5. The Kier molecular flexibility index (Phi) is 4.96. The third-order valence-electron chi connectivity index (χ3n) is 3.63. The average Bonchev–Trinajstić information content (AvgIpc) is 3.11. The molecular weight excluding hydrogens is 362 g/mol. The summed E-state index contributed by atoms with van der Waals surface area (Å²) in [5.41, 5.74) is 1.63. The van der Waals surface area contributed by atoms with Gasteiger partial charge in [0.2, 0.25) is 0 Å². The van der Waals surface area contributed by atoms with Gasteiger partial charge >= 0.3 is 17.8 Å². The molecule has 2 heterocycles. The van der Waals surface area contributed by atoms with Crippen molar-refractivity contribution in [3.63, 3.8) is 0 Å². The van der Waals surface area contributed by atoms with Gasteiger partial charge in [-0.05, 0) is 17.7 Å². The van der Waals surface area contributed by atoms with Gasteiger partial charge in [0.1, 0.15) is 0 Å². The molecule has 0 radical (unpaired) electrons. The fraction of sp³-hybridized carbons (Fsp3) is 0.176. The topological polar surface area (TPSA) is 70.6 Å². The van der Waals surface area contributed by atoms with E-state index in [1.54, 1.807) is 5.38 Å². The Labute approximate surface area is 153 Å². The molecule has 4 amide bonds. The molecule has 1 fully saturated rings. The molecule has 0 saturated carbocycles. The van der Waals surface area contributed by atoms with E-state index in [2.05, 4.69) is 11.6 Å². The zero-order valence-electron chi connectivity index (χ0n) is 13.1. The second-order valence-corrected chi connectivity index (χ2v) is 6.79. The first-order valence-electron chi connectivity index (χ1n) is 7.45. The molecule has 1 saturated heterocycles. The highest BCUT2D eigenvalue weighted by Gasteiger charge is 2.43. The minimum atomic E-state index is -0.834. The molecule has 8 heteroatoms. The molecule has 128 valence electrons. The third kappa shape index (κ3) is 3.62. The lowest BCUT2D eigenvalue weighted by atomic mass is 10.2. The van der Waals surface area contributed by atoms with Crippen molar-refractivity contribution >= 4 is 40.8 Å². The van der Waals surface area contributed by atoms with Gasteiger partial charge in [-0.1, -0.05) is 29.8 Å². The van der Waals surface area contributed by atoms with E-state index >= 15 is 0 Å². The van der Waals surface area contributed by atoms with Crippen LogP contribution in [0.2, 0.25) is 5.02 Å². The summed E-state index contributed by atoms with van der Waals surface area (Å²) < 4.78 is 0. The highest BCUT2D eigenvalue weighted by Crippen LogP contribution is 2.20. The van der Waals surface area contributed by atoms with Crippen molar-refractivity contribution < 1.29 is 14.4 Å². The van der Waals surface area contributed by atoms with Gasteiger partial charge < -0.3 is 0 Å². The Balaban J connectivity index is 1.70. The predicted octanol–water partition coefficient (Wildman–Crippen LogP) is 2.86. The second-order valence-electron chi connectivity index (χ2n) is 5.41. The van der Waals surface area contributed by atoms with Gasteiger partial charge in [-0.25, -0.2) is 14.7 Å². The van der Waals surface area contributed by atoms with E-state index in [9.17, 15) is 14.4 Å². The SMILES string of the molecule is C=CCN1C(=O)C(=O)N(Cc2csc(Cc3ccc(Cl)cc3)n2)C1=O. The third-order valence-corrected chi connectivity index (χ3v) is 4.78. The summed E-state index contributed by atoms with van der Waals surface area (Å²) in [4.78, 5) is 42.2. The first-order valence-corrected chi connectivity index (χ1v) is 8.71. The molecule has 0 aliphatic carbocycles. The Hall–Kier alpha value is -2.51. The maximum atomic E-state index is 12.2. The highest BCUT2D eigenvalue weighted by molar-refractivity contribution is 7.09. The van der Waals surface area contributed by atoms with Gasteiger partial charge in [0.05, 0.1) is 17.2 Å². The first kappa shape index (κ1) is 17.3. The van der Waals surface area contributed by atoms with Gasteiger partial charge in [0.15, 0.2) is 0 Å². The number of imide groups is 2. The number of benzene rings is 1. The van der Waals surface area contributed by atoms with E-state index in [0.29, 0.717) is 17.1 Å². The molecule has 1 aliphatic rings. The molecule has 1 aliphatic heterocycles. The number of halogens is 1. The van der Waals surface area contributed by atoms with Crippen LogP contribution >= 0.6 is 22.9 Å². The minimum absolute atomic E-state index is 0.0127. The van der Waals surface area contributed by atoms with E-state index in [4.69, 9.17) is 11.6 Å². The van der Waals surface area contributed by atoms with Crippen molar-refractivity contribution in [2.24, 2.45) is 0 Å². The maximum absolute atomic E-state index is 12.2. The summed E-state index contributed by atoms with van der Waals surface area (Å²) in [7, 11) is 0. The smallest absolute Gasteiger partial charge is 0.263 e. The van der Waals surface area contributed by atoms with E-state index in [-0.39, 0.29) is 13.1 Å². The average molecular weight is 376 g/mol. The summed E-state index contributed by atoms with van der Waals surface area (Å²) in [5.74, 6) is -1.67. The van der Waals surface area contributed by atoms with Gasteiger partial charge in [-0.15, -0.1) is 17.9 Å². The summed E-state index contributed by atoms with van der Waals surface area (Å²) in [6.07, 6.45) is 2.03. The van der Waals surface area contributed by atoms with Crippen LogP contribution < -0.4 is 0 Å². The zero-order valence-corrected chi connectivity index (χ0v) is 14.7. The lowest BCUT2D eigenvalue weighted by Gasteiger charge is -2.12. The molecule has 1 aromatic heterocycles. The van der Waals surface area contributed by atoms with E-state index in [1.165, 1.54) is 17.4 Å². The molecule has 0 unspecified atom stereocenters. The molecule has 6 nitrogen and oxygen atoms in total. The number of carbonyl (C=O) groups is 3. The van der Waals surface area contributed by atoms with Gasteiger partial charge in [-0.2, -0.15) is 0 Å². The maximum Gasteiger partial charge on any atom is 0.334 e. The number of thiazole rings is 1. The standard InChI is InChI=1S/C17H14ClN3O3S/c1-2-7-20-15(22)16(23)21(17(20)24)9-13-10-25-14(19-13)8-11-3-5-12(18)6-4-11/h2-6,10H,1,7-9H2. The Bertz CT molecular complexity index is 847. The molecule has 2 aromatic rings. The monoisotopic (exact) mass is 375 g/mol. The van der Waals surface area contributed by atoms with Crippen LogP contribution in [0, 0.1) is 0 Å². The van der Waals surface area contributed by atoms with Crippen molar-refractivity contribution in [3.8, 4) is 0 Å². The molecule has 0 spiro atoms. The number of carbonyl (C=O) groups excluding carboxylic acids is 3. The summed E-state index contributed by atoms with van der Waals surface area (Å²) >= 11 is 7.31. The van der Waals surface area contributed by atoms with Crippen LogP contribution in [0.1, 0.15) is 16.3 Å². The quantitative estimate of drug-likeness (QED) is 0.442. The van der Waals surface area contributed by atoms with E-state index in [1.807, 2.05) is 24.3 Å². The number of hydrogen-bond acceptors (Lipinski definition) is 5. The molecular formula is C17H14ClN3O3S. The van der Waals surface area contributed by atoms with Gasteiger partial charge in [0, 0.05) is 23.4 Å². The molecule has 3 rings (SSSR count). The van der Waals surface area contributed by atoms with E-state index < -0.39 is 17.8 Å². The molecule has 25 heavy (non-hydrogen) atoms. The van der Waals surface area contributed by atoms with Crippen LogP contribution in [0.5, 0.6) is 0 Å². The lowest BCUT2D eigenvalue weighted by Crippen LogP contribution is -2.33. The number of amides is 4. The summed E-state index contributed by atoms with van der Waals surface area (Å²) in [6, 6.07) is 6.83. The van der Waals surface area contributed by atoms with Crippen LogP contribution in [-0.2, 0) is 22.6 Å². The molecule has 0 atom stereocenters. The first-order chi connectivity index (χ1) is 12.0. The number of urea groups is 1. The zero-order chi connectivity index (χ0) is 18.0. The van der Waals surface area contributed by atoms with Gasteiger partial charge in [0.25, 0.3) is 0 Å². The van der Waals surface area contributed by atoms with Crippen LogP contribution in [0.3, 0.4) is 0 Å². The van der Waals surface area contributed by atoms with Crippen LogP contribution in [0.4, 0.5) is 4.79 Å². The van der Waals surface area contributed by atoms with Gasteiger partial charge in [-0.3, -0.25) is 14.5 Å². The molecule has 0 bridgehead atoms. The Morgan fingerprint density at radius 3 is 2.48 bits per heavy atom. The fourth-order valence-electron chi connectivity index (χ4n) is 2.42. The van der Waals surface area contributed by atoms with Crippen molar-refractivity contribution in [1.82, 2.24) is 14.8 Å². The van der Waals surface area contributed by atoms with Crippen molar-refractivity contribution in [2.45, 2.75) is 13.0 Å².